The molecule has 0 aliphatic carbocycles. The Morgan fingerprint density at radius 2 is 1.37 bits per heavy atom. The number of fused-ring (bicyclic) bond motifs is 5. The summed E-state index contributed by atoms with van der Waals surface area (Å²) in [5, 5.41) is 15.1. The minimum absolute atomic E-state index is 0.0670. The summed E-state index contributed by atoms with van der Waals surface area (Å²) in [4.78, 5) is 10.00. The first-order valence-electron chi connectivity index (χ1n) is 17.1. The van der Waals surface area contributed by atoms with Gasteiger partial charge in [0.2, 0.25) is 5.89 Å². The second-order valence-corrected chi connectivity index (χ2v) is 14.0. The number of rotatable bonds is 5. The van der Waals surface area contributed by atoms with Crippen molar-refractivity contribution in [3.05, 3.63) is 151 Å². The van der Waals surface area contributed by atoms with Crippen molar-refractivity contribution < 1.29 is 13.9 Å². The molecule has 5 heteroatoms. The fraction of sp³-hybridized carbons (Fsp3) is 0.0870. The number of benzene rings is 7. The first kappa shape index (κ1) is 30.6. The van der Waals surface area contributed by atoms with E-state index in [4.69, 9.17) is 18.8 Å². The van der Waals surface area contributed by atoms with Gasteiger partial charge in [-0.15, -0.1) is 0 Å². The first-order chi connectivity index (χ1) is 24.8. The lowest BCUT2D eigenvalue weighted by Gasteiger charge is -2.19. The topological polar surface area (TPSA) is 71.8 Å². The van der Waals surface area contributed by atoms with Gasteiger partial charge < -0.3 is 13.9 Å². The molecule has 246 valence electrons. The monoisotopic (exact) mass is 662 g/mol. The van der Waals surface area contributed by atoms with Gasteiger partial charge in [0.1, 0.15) is 22.4 Å². The predicted molar refractivity (Wildman–Crippen MR) is 209 cm³/mol. The third kappa shape index (κ3) is 5.44. The van der Waals surface area contributed by atoms with E-state index >= 15 is 0 Å². The van der Waals surface area contributed by atoms with Crippen molar-refractivity contribution in [3.63, 3.8) is 0 Å². The maximum absolute atomic E-state index is 10.7. The number of hydrogen-bond donors (Lipinski definition) is 1. The van der Waals surface area contributed by atoms with Crippen LogP contribution in [0.5, 0.6) is 5.75 Å². The second kappa shape index (κ2) is 11.9. The van der Waals surface area contributed by atoms with E-state index < -0.39 is 0 Å². The molecule has 0 aliphatic rings. The van der Waals surface area contributed by atoms with Crippen LogP contribution in [0.4, 0.5) is 5.69 Å². The van der Waals surface area contributed by atoms with Crippen LogP contribution in [0.15, 0.2) is 153 Å². The number of phenols is 1. The largest absolute Gasteiger partial charge is 0.507 e. The molecule has 2 heterocycles. The minimum Gasteiger partial charge on any atom is -0.507 e. The smallest absolute Gasteiger partial charge is 0.229 e. The summed E-state index contributed by atoms with van der Waals surface area (Å²) >= 11 is 0. The van der Waals surface area contributed by atoms with E-state index in [0.29, 0.717) is 22.7 Å². The van der Waals surface area contributed by atoms with Crippen LogP contribution in [0.25, 0.3) is 77.5 Å². The van der Waals surface area contributed by atoms with Crippen LogP contribution in [0.1, 0.15) is 31.9 Å². The standard InChI is InChI=1S/C46H34N2O3/c1-46(2,3)33-21-22-40(49)32(24-33)27-47-39-17-8-6-14-37(39)45-48-43-38(36-16-10-15-35-34-13-7-9-18-41(34)50-44(35)36)25-31(26-42(43)51-45)30-20-19-28-11-4-5-12-29(28)23-30/h4-27,49H,1-3H3. The van der Waals surface area contributed by atoms with E-state index in [1.165, 1.54) is 10.8 Å². The molecule has 0 bridgehead atoms. The van der Waals surface area contributed by atoms with E-state index in [9.17, 15) is 5.11 Å². The molecule has 9 aromatic rings. The fourth-order valence-corrected chi connectivity index (χ4v) is 6.88. The number of hydrogen-bond acceptors (Lipinski definition) is 5. The Hall–Kier alpha value is -6.46. The van der Waals surface area contributed by atoms with E-state index in [2.05, 4.69) is 99.6 Å². The molecule has 9 rings (SSSR count). The van der Waals surface area contributed by atoms with Crippen molar-refractivity contribution in [1.29, 1.82) is 0 Å². The zero-order chi connectivity index (χ0) is 34.7. The van der Waals surface area contributed by atoms with Gasteiger partial charge in [0.15, 0.2) is 5.58 Å². The van der Waals surface area contributed by atoms with Crippen LogP contribution in [0.2, 0.25) is 0 Å². The maximum Gasteiger partial charge on any atom is 0.229 e. The molecule has 5 nitrogen and oxygen atoms in total. The lowest BCUT2D eigenvalue weighted by Crippen LogP contribution is -2.11. The van der Waals surface area contributed by atoms with Crippen molar-refractivity contribution in [2.45, 2.75) is 26.2 Å². The van der Waals surface area contributed by atoms with Gasteiger partial charge in [-0.2, -0.15) is 0 Å². The quantitative estimate of drug-likeness (QED) is 0.186. The minimum atomic E-state index is -0.0670. The molecule has 51 heavy (non-hydrogen) atoms. The summed E-state index contributed by atoms with van der Waals surface area (Å²) in [6, 6.07) is 47.0. The molecule has 0 spiro atoms. The summed E-state index contributed by atoms with van der Waals surface area (Å²) in [5.74, 6) is 0.635. The molecule has 2 aromatic heterocycles. The summed E-state index contributed by atoms with van der Waals surface area (Å²) < 4.78 is 13.2. The van der Waals surface area contributed by atoms with E-state index in [0.717, 1.165) is 60.8 Å². The van der Waals surface area contributed by atoms with Crippen LogP contribution in [0.3, 0.4) is 0 Å². The highest BCUT2D eigenvalue weighted by molar-refractivity contribution is 6.12. The summed E-state index contributed by atoms with van der Waals surface area (Å²) in [5.41, 5.74) is 10.1. The van der Waals surface area contributed by atoms with Crippen LogP contribution < -0.4 is 0 Å². The average molecular weight is 663 g/mol. The van der Waals surface area contributed by atoms with Crippen molar-refractivity contribution >= 4 is 55.7 Å². The normalized spacial score (nSPS) is 12.2. The molecule has 0 saturated heterocycles. The zero-order valence-corrected chi connectivity index (χ0v) is 28.5. The molecule has 7 aromatic carbocycles. The number of aromatic hydroxyl groups is 1. The summed E-state index contributed by atoms with van der Waals surface area (Å²) in [6.07, 6.45) is 1.71. The molecule has 1 N–H and O–H groups in total. The molecule has 0 amide bonds. The molecular weight excluding hydrogens is 629 g/mol. The van der Waals surface area contributed by atoms with Gasteiger partial charge in [-0.3, -0.25) is 4.99 Å². The summed E-state index contributed by atoms with van der Waals surface area (Å²) in [7, 11) is 0. The highest BCUT2D eigenvalue weighted by atomic mass is 16.3. The number of nitrogens with zero attached hydrogens (tertiary/aromatic N) is 2. The average Bonchev–Trinajstić information content (AvgIpc) is 3.75. The lowest BCUT2D eigenvalue weighted by atomic mass is 9.86. The predicted octanol–water partition coefficient (Wildman–Crippen LogP) is 12.6. The molecule has 0 aliphatic heterocycles. The van der Waals surface area contributed by atoms with Gasteiger partial charge in [-0.1, -0.05) is 112 Å². The Kier molecular flexibility index (Phi) is 7.11. The highest BCUT2D eigenvalue weighted by Crippen LogP contribution is 2.42. The van der Waals surface area contributed by atoms with Crippen LogP contribution >= 0.6 is 0 Å². The first-order valence-corrected chi connectivity index (χ1v) is 17.1. The van der Waals surface area contributed by atoms with Crippen molar-refractivity contribution in [1.82, 2.24) is 4.98 Å². The number of aromatic nitrogens is 1. The summed E-state index contributed by atoms with van der Waals surface area (Å²) in [6.45, 7) is 6.45. The number of oxazole rings is 1. The number of para-hydroxylation sites is 3. The Balaban J connectivity index is 1.23. The SMILES string of the molecule is CC(C)(C)c1ccc(O)c(C=Nc2ccccc2-c2nc3c(-c4cccc5c4oc4ccccc45)cc(-c4ccc5ccccc5c4)cc3o2)c1. The van der Waals surface area contributed by atoms with Gasteiger partial charge >= 0.3 is 0 Å². The zero-order valence-electron chi connectivity index (χ0n) is 28.5. The van der Waals surface area contributed by atoms with Gasteiger partial charge in [0.05, 0.1) is 11.3 Å². The van der Waals surface area contributed by atoms with Crippen molar-refractivity contribution in [2.75, 3.05) is 0 Å². The van der Waals surface area contributed by atoms with Crippen LogP contribution in [0, 0.1) is 0 Å². The third-order valence-corrected chi connectivity index (χ3v) is 9.64. The third-order valence-electron chi connectivity index (χ3n) is 9.64. The Morgan fingerprint density at radius 1 is 0.608 bits per heavy atom. The molecule has 0 atom stereocenters. The molecule has 0 radical (unpaired) electrons. The van der Waals surface area contributed by atoms with Crippen LogP contribution in [-0.2, 0) is 5.41 Å². The van der Waals surface area contributed by atoms with Gasteiger partial charge in [-0.05, 0) is 81.4 Å². The molecule has 0 saturated carbocycles. The lowest BCUT2D eigenvalue weighted by molar-refractivity contribution is 0.473. The van der Waals surface area contributed by atoms with E-state index in [-0.39, 0.29) is 11.2 Å². The van der Waals surface area contributed by atoms with Gasteiger partial charge in [0.25, 0.3) is 0 Å². The highest BCUT2D eigenvalue weighted by Gasteiger charge is 2.21. The van der Waals surface area contributed by atoms with Crippen molar-refractivity contribution in [3.8, 4) is 39.5 Å². The second-order valence-electron chi connectivity index (χ2n) is 14.0. The Labute approximate surface area is 295 Å². The van der Waals surface area contributed by atoms with E-state index in [1.54, 1.807) is 12.3 Å². The number of phenolic OH excluding ortho intramolecular Hbond substituents is 1. The number of furan rings is 1. The van der Waals surface area contributed by atoms with Crippen molar-refractivity contribution in [2.24, 2.45) is 4.99 Å². The number of aliphatic imine (C=N–C) groups is 1. The maximum atomic E-state index is 10.7. The van der Waals surface area contributed by atoms with Crippen LogP contribution in [-0.4, -0.2) is 16.3 Å². The molecular formula is C46H34N2O3. The molecule has 0 fully saturated rings. The molecule has 0 unspecified atom stereocenters. The Bertz CT molecular complexity index is 2810. The van der Waals surface area contributed by atoms with Gasteiger partial charge in [0, 0.05) is 33.7 Å². The fourth-order valence-electron chi connectivity index (χ4n) is 6.88. The Morgan fingerprint density at radius 3 is 2.25 bits per heavy atom. The van der Waals surface area contributed by atoms with Gasteiger partial charge in [-0.25, -0.2) is 4.98 Å². The van der Waals surface area contributed by atoms with E-state index in [1.807, 2.05) is 54.6 Å².